The molecule has 0 aromatic heterocycles. The highest BCUT2D eigenvalue weighted by Crippen LogP contribution is 2.49. The van der Waals surface area contributed by atoms with Crippen LogP contribution in [0.3, 0.4) is 0 Å². The molecule has 3 atom stereocenters. The van der Waals surface area contributed by atoms with E-state index < -0.39 is 11.4 Å². The summed E-state index contributed by atoms with van der Waals surface area (Å²) >= 11 is 0. The van der Waals surface area contributed by atoms with Crippen molar-refractivity contribution in [3.63, 3.8) is 0 Å². The lowest BCUT2D eigenvalue weighted by Gasteiger charge is -2.26. The Morgan fingerprint density at radius 2 is 2.00 bits per heavy atom. The van der Waals surface area contributed by atoms with Gasteiger partial charge in [0.15, 0.2) is 11.5 Å². The van der Waals surface area contributed by atoms with Crippen molar-refractivity contribution in [3.05, 3.63) is 18.2 Å². The molecule has 4 rings (SSSR count). The summed E-state index contributed by atoms with van der Waals surface area (Å²) < 4.78 is 11.3. The van der Waals surface area contributed by atoms with Gasteiger partial charge < -0.3 is 19.9 Å². The number of carboxylic acid groups (broad SMARTS) is 1. The van der Waals surface area contributed by atoms with E-state index in [0.29, 0.717) is 49.9 Å². The van der Waals surface area contributed by atoms with Crippen molar-refractivity contribution in [1.82, 2.24) is 4.90 Å². The number of carbonyl (C=O) groups excluding carboxylic acids is 1. The highest BCUT2D eigenvalue weighted by Gasteiger charge is 2.55. The fourth-order valence-corrected chi connectivity index (χ4v) is 4.63. The standard InChI is InChI=1S/C20H26N2O5.ClH/c1-13(22-11-14-4-2-7-20(14,12-22)19(24)25)18(23)21-15-5-6-16-17(10-15)27-9-3-8-26-16;/h5-6,10,13-14H,2-4,7-9,11-12H2,1H3,(H,21,23)(H,24,25);1H/t13?,14-,20+;/m0./s1. The maximum atomic E-state index is 12.8. The number of ether oxygens (including phenoxy) is 2. The second-order valence-electron chi connectivity index (χ2n) is 7.86. The van der Waals surface area contributed by atoms with Crippen molar-refractivity contribution in [2.45, 2.75) is 38.6 Å². The molecule has 8 heteroatoms. The van der Waals surface area contributed by atoms with Crippen LogP contribution >= 0.6 is 12.4 Å². The summed E-state index contributed by atoms with van der Waals surface area (Å²) in [5.74, 6) is 0.615. The zero-order valence-corrected chi connectivity index (χ0v) is 16.8. The number of rotatable bonds is 4. The number of halogens is 1. The van der Waals surface area contributed by atoms with E-state index in [1.54, 1.807) is 18.2 Å². The first-order valence-electron chi connectivity index (χ1n) is 9.67. The number of carboxylic acids is 1. The second-order valence-corrected chi connectivity index (χ2v) is 7.86. The number of anilines is 1. The van der Waals surface area contributed by atoms with Crippen LogP contribution in [0.1, 0.15) is 32.6 Å². The van der Waals surface area contributed by atoms with Crippen LogP contribution < -0.4 is 14.8 Å². The molecule has 154 valence electrons. The molecular weight excluding hydrogens is 384 g/mol. The van der Waals surface area contributed by atoms with Gasteiger partial charge in [-0.25, -0.2) is 0 Å². The Labute approximate surface area is 170 Å². The van der Waals surface area contributed by atoms with Gasteiger partial charge in [-0.15, -0.1) is 12.4 Å². The van der Waals surface area contributed by atoms with Crippen LogP contribution in [-0.2, 0) is 9.59 Å². The van der Waals surface area contributed by atoms with E-state index in [0.717, 1.165) is 19.3 Å². The zero-order valence-electron chi connectivity index (χ0n) is 16.0. The first-order chi connectivity index (χ1) is 13.0. The monoisotopic (exact) mass is 410 g/mol. The van der Waals surface area contributed by atoms with Crippen LogP contribution in [-0.4, -0.2) is 54.2 Å². The van der Waals surface area contributed by atoms with Crippen LogP contribution in [0.15, 0.2) is 18.2 Å². The lowest BCUT2D eigenvalue weighted by molar-refractivity contribution is -0.149. The van der Waals surface area contributed by atoms with E-state index in [1.165, 1.54) is 0 Å². The van der Waals surface area contributed by atoms with Crippen LogP contribution in [0.2, 0.25) is 0 Å². The van der Waals surface area contributed by atoms with Gasteiger partial charge in [-0.2, -0.15) is 0 Å². The van der Waals surface area contributed by atoms with E-state index >= 15 is 0 Å². The molecule has 2 heterocycles. The molecule has 2 fully saturated rings. The van der Waals surface area contributed by atoms with Crippen molar-refractivity contribution < 1.29 is 24.2 Å². The SMILES string of the molecule is CC(C(=O)Nc1ccc2c(c1)OCCCO2)N1C[C@@H]2CCC[C@@]2(C(=O)O)C1.Cl. The number of fused-ring (bicyclic) bond motifs is 2. The molecule has 1 unspecified atom stereocenters. The first-order valence-corrected chi connectivity index (χ1v) is 9.67. The Morgan fingerprint density at radius 3 is 2.71 bits per heavy atom. The van der Waals surface area contributed by atoms with Crippen molar-refractivity contribution in [2.75, 3.05) is 31.6 Å². The number of amides is 1. The average molecular weight is 411 g/mol. The van der Waals surface area contributed by atoms with Gasteiger partial charge in [0.1, 0.15) is 0 Å². The predicted octanol–water partition coefficient (Wildman–Crippen LogP) is 2.78. The molecule has 1 aliphatic carbocycles. The van der Waals surface area contributed by atoms with Gasteiger partial charge in [-0.1, -0.05) is 6.42 Å². The molecule has 3 aliphatic rings. The number of hydrogen-bond donors (Lipinski definition) is 2. The molecule has 1 aromatic carbocycles. The Kier molecular flexibility index (Phi) is 6.05. The minimum atomic E-state index is -0.719. The largest absolute Gasteiger partial charge is 0.490 e. The number of nitrogens with one attached hydrogen (secondary N) is 1. The summed E-state index contributed by atoms with van der Waals surface area (Å²) in [7, 11) is 0. The minimum Gasteiger partial charge on any atom is -0.490 e. The number of aliphatic carboxylic acids is 1. The summed E-state index contributed by atoms with van der Waals surface area (Å²) in [5, 5.41) is 12.7. The van der Waals surface area contributed by atoms with Gasteiger partial charge in [0.05, 0.1) is 24.7 Å². The van der Waals surface area contributed by atoms with Crippen molar-refractivity contribution in [3.8, 4) is 11.5 Å². The summed E-state index contributed by atoms with van der Waals surface area (Å²) in [5.41, 5.74) is -0.0208. The maximum Gasteiger partial charge on any atom is 0.311 e. The number of hydrogen-bond acceptors (Lipinski definition) is 5. The first kappa shape index (κ1) is 20.7. The Hall–Kier alpha value is -1.99. The summed E-state index contributed by atoms with van der Waals surface area (Å²) in [4.78, 5) is 26.6. The third-order valence-electron chi connectivity index (χ3n) is 6.27. The fraction of sp³-hybridized carbons (Fsp3) is 0.600. The van der Waals surface area contributed by atoms with Gasteiger partial charge in [-0.3, -0.25) is 14.5 Å². The lowest BCUT2D eigenvalue weighted by Crippen LogP contribution is -2.43. The molecule has 1 aromatic rings. The van der Waals surface area contributed by atoms with Crippen LogP contribution in [0, 0.1) is 11.3 Å². The molecular formula is C20H27ClN2O5. The number of benzene rings is 1. The number of likely N-dealkylation sites (tertiary alicyclic amines) is 1. The normalized spacial score (nSPS) is 27.2. The molecule has 1 saturated carbocycles. The average Bonchev–Trinajstić information content (AvgIpc) is 3.12. The molecule has 2 N–H and O–H groups in total. The molecule has 1 amide bonds. The van der Waals surface area contributed by atoms with Crippen LogP contribution in [0.4, 0.5) is 5.69 Å². The minimum absolute atomic E-state index is 0. The van der Waals surface area contributed by atoms with Crippen LogP contribution in [0.25, 0.3) is 0 Å². The Bertz CT molecular complexity index is 758. The Balaban J connectivity index is 0.00000225. The highest BCUT2D eigenvalue weighted by atomic mass is 35.5. The third-order valence-corrected chi connectivity index (χ3v) is 6.27. The summed E-state index contributed by atoms with van der Waals surface area (Å²) in [6.45, 7) is 4.17. The molecule has 0 radical (unpaired) electrons. The van der Waals surface area contributed by atoms with E-state index in [4.69, 9.17) is 9.47 Å². The van der Waals surface area contributed by atoms with Crippen molar-refractivity contribution >= 4 is 30.0 Å². The van der Waals surface area contributed by atoms with Crippen molar-refractivity contribution in [2.24, 2.45) is 11.3 Å². The number of nitrogens with zero attached hydrogens (tertiary/aromatic N) is 1. The van der Waals surface area contributed by atoms with E-state index in [1.807, 2.05) is 11.8 Å². The maximum absolute atomic E-state index is 12.8. The quantitative estimate of drug-likeness (QED) is 0.793. The fourth-order valence-electron chi connectivity index (χ4n) is 4.63. The third kappa shape index (κ3) is 3.65. The molecule has 28 heavy (non-hydrogen) atoms. The molecule has 0 bridgehead atoms. The lowest BCUT2D eigenvalue weighted by atomic mass is 9.81. The molecule has 2 aliphatic heterocycles. The van der Waals surface area contributed by atoms with Gasteiger partial charge in [0.2, 0.25) is 5.91 Å². The van der Waals surface area contributed by atoms with Gasteiger partial charge in [-0.05, 0) is 37.8 Å². The second kappa shape index (κ2) is 8.17. The van der Waals surface area contributed by atoms with Crippen molar-refractivity contribution in [1.29, 1.82) is 0 Å². The highest BCUT2D eigenvalue weighted by molar-refractivity contribution is 5.95. The van der Waals surface area contributed by atoms with Gasteiger partial charge in [0.25, 0.3) is 0 Å². The molecule has 0 spiro atoms. The smallest absolute Gasteiger partial charge is 0.311 e. The van der Waals surface area contributed by atoms with E-state index in [9.17, 15) is 14.7 Å². The molecule has 1 saturated heterocycles. The van der Waals surface area contributed by atoms with Gasteiger partial charge >= 0.3 is 5.97 Å². The number of carbonyl (C=O) groups is 2. The van der Waals surface area contributed by atoms with Gasteiger partial charge in [0, 0.05) is 31.3 Å². The summed E-state index contributed by atoms with van der Waals surface area (Å²) in [6, 6.07) is 5.00. The van der Waals surface area contributed by atoms with E-state index in [-0.39, 0.29) is 30.3 Å². The topological polar surface area (TPSA) is 88.1 Å². The summed E-state index contributed by atoms with van der Waals surface area (Å²) in [6.07, 6.45) is 3.43. The molecule has 7 nitrogen and oxygen atoms in total. The predicted molar refractivity (Wildman–Crippen MR) is 106 cm³/mol. The van der Waals surface area contributed by atoms with E-state index in [2.05, 4.69) is 5.32 Å². The Morgan fingerprint density at radius 1 is 1.25 bits per heavy atom. The van der Waals surface area contributed by atoms with Crippen LogP contribution in [0.5, 0.6) is 11.5 Å². The zero-order chi connectivity index (χ0) is 19.0.